The molecular weight excluding hydrogens is 356 g/mol. The van der Waals surface area contributed by atoms with Crippen LogP contribution in [0.1, 0.15) is 52.5 Å². The summed E-state index contributed by atoms with van der Waals surface area (Å²) in [5, 5.41) is 3.32. The molecule has 7 heteroatoms. The highest BCUT2D eigenvalue weighted by Gasteiger charge is 2.24. The highest BCUT2D eigenvalue weighted by atomic mass is 16.6. The van der Waals surface area contributed by atoms with Crippen LogP contribution in [0.2, 0.25) is 0 Å². The number of nitrogens with zero attached hydrogens (tertiary/aromatic N) is 2. The molecular formula is C21H32N4O3. The van der Waals surface area contributed by atoms with E-state index in [4.69, 9.17) is 4.74 Å². The van der Waals surface area contributed by atoms with E-state index in [1.165, 1.54) is 0 Å². The number of para-hydroxylation sites is 2. The van der Waals surface area contributed by atoms with E-state index in [1.807, 2.05) is 49.6 Å². The summed E-state index contributed by atoms with van der Waals surface area (Å²) in [4.78, 5) is 28.0. The van der Waals surface area contributed by atoms with E-state index in [1.54, 1.807) is 4.90 Å². The molecule has 0 radical (unpaired) electrons. The molecule has 28 heavy (non-hydrogen) atoms. The third-order valence-electron chi connectivity index (χ3n) is 5.06. The lowest BCUT2D eigenvalue weighted by molar-refractivity contribution is 0.0295. The molecule has 0 aliphatic carbocycles. The zero-order valence-corrected chi connectivity index (χ0v) is 17.2. The lowest BCUT2D eigenvalue weighted by atomic mass is 10.1. The molecule has 3 heterocycles. The third kappa shape index (κ3) is 5.16. The predicted molar refractivity (Wildman–Crippen MR) is 111 cm³/mol. The van der Waals surface area contributed by atoms with Gasteiger partial charge >= 0.3 is 11.8 Å². The van der Waals surface area contributed by atoms with Gasteiger partial charge < -0.3 is 19.9 Å². The zero-order chi connectivity index (χ0) is 20.1. The molecule has 2 aromatic rings. The molecule has 2 N–H and O–H groups in total. The van der Waals surface area contributed by atoms with E-state index in [0.717, 1.165) is 62.9 Å². The maximum absolute atomic E-state index is 11.9. The first-order valence-electron chi connectivity index (χ1n) is 10.2. The van der Waals surface area contributed by atoms with Crippen LogP contribution >= 0.6 is 0 Å². The number of imidazole rings is 1. The van der Waals surface area contributed by atoms with Gasteiger partial charge in [0.05, 0.1) is 11.0 Å². The zero-order valence-electron chi connectivity index (χ0n) is 17.2. The number of aromatic nitrogens is 2. The van der Waals surface area contributed by atoms with E-state index < -0.39 is 0 Å². The second kappa shape index (κ2) is 8.82. The molecule has 0 atom stereocenters. The van der Waals surface area contributed by atoms with Gasteiger partial charge in [0.2, 0.25) is 0 Å². The lowest BCUT2D eigenvalue weighted by Crippen LogP contribution is -2.34. The Hall–Kier alpha value is -2.28. The fourth-order valence-electron chi connectivity index (χ4n) is 3.73. The summed E-state index contributed by atoms with van der Waals surface area (Å²) in [6, 6.07) is 8.23. The van der Waals surface area contributed by atoms with Crippen molar-refractivity contribution in [2.45, 2.75) is 58.1 Å². The van der Waals surface area contributed by atoms with Gasteiger partial charge in [0.1, 0.15) is 5.60 Å². The average molecular weight is 389 g/mol. The van der Waals surface area contributed by atoms with Crippen molar-refractivity contribution in [3.05, 3.63) is 34.7 Å². The van der Waals surface area contributed by atoms with Crippen LogP contribution in [0, 0.1) is 0 Å². The second-order valence-electron chi connectivity index (χ2n) is 8.47. The van der Waals surface area contributed by atoms with Gasteiger partial charge in [-0.15, -0.1) is 0 Å². The topological polar surface area (TPSA) is 79.4 Å². The predicted octanol–water partition coefficient (Wildman–Crippen LogP) is 3.27. The smallest absolute Gasteiger partial charge is 0.410 e. The highest BCUT2D eigenvalue weighted by Crippen LogP contribution is 2.21. The molecule has 2 aliphatic heterocycles. The largest absolute Gasteiger partial charge is 0.444 e. The standard InChI is InChI=1S/C12H15N3O.C9H17NO2/c16-12-14-10-3-1-2-4-11(10)15(12)9-5-7-13-8-6-9;1-9(2,3)12-8(11)10-6-4-5-7-10/h1-4,9,13H,5-8H2,(H,14,16);4-7H2,1-3H3. The van der Waals surface area contributed by atoms with Crippen LogP contribution in [-0.2, 0) is 4.74 Å². The number of likely N-dealkylation sites (tertiary alicyclic amines) is 1. The van der Waals surface area contributed by atoms with Crippen molar-refractivity contribution in [3.63, 3.8) is 0 Å². The Bertz CT molecular complexity index is 837. The monoisotopic (exact) mass is 388 g/mol. The Morgan fingerprint density at radius 2 is 1.75 bits per heavy atom. The average Bonchev–Trinajstić information content (AvgIpc) is 3.29. The van der Waals surface area contributed by atoms with Crippen molar-refractivity contribution < 1.29 is 9.53 Å². The number of hydrogen-bond donors (Lipinski definition) is 2. The van der Waals surface area contributed by atoms with Crippen LogP contribution in [0.25, 0.3) is 11.0 Å². The fraction of sp³-hybridized carbons (Fsp3) is 0.619. The maximum Gasteiger partial charge on any atom is 0.410 e. The summed E-state index contributed by atoms with van der Waals surface area (Å²) < 4.78 is 7.12. The quantitative estimate of drug-likeness (QED) is 0.786. The van der Waals surface area contributed by atoms with E-state index in [-0.39, 0.29) is 17.4 Å². The third-order valence-corrected chi connectivity index (χ3v) is 5.06. The molecule has 0 spiro atoms. The Kier molecular flexibility index (Phi) is 6.44. The van der Waals surface area contributed by atoms with E-state index in [2.05, 4.69) is 10.3 Å². The number of H-pyrrole nitrogens is 1. The molecule has 0 unspecified atom stereocenters. The highest BCUT2D eigenvalue weighted by molar-refractivity contribution is 5.75. The molecule has 0 bridgehead atoms. The van der Waals surface area contributed by atoms with E-state index >= 15 is 0 Å². The Morgan fingerprint density at radius 3 is 2.39 bits per heavy atom. The normalized spacial score (nSPS) is 18.0. The number of carbonyl (C=O) groups is 1. The molecule has 1 aromatic carbocycles. The van der Waals surface area contributed by atoms with Gasteiger partial charge in [-0.1, -0.05) is 12.1 Å². The molecule has 1 aromatic heterocycles. The van der Waals surface area contributed by atoms with Crippen molar-refractivity contribution in [2.75, 3.05) is 26.2 Å². The lowest BCUT2D eigenvalue weighted by Gasteiger charge is -2.23. The summed E-state index contributed by atoms with van der Waals surface area (Å²) in [6.07, 6.45) is 4.11. The second-order valence-corrected chi connectivity index (χ2v) is 8.47. The van der Waals surface area contributed by atoms with Crippen LogP contribution in [0.5, 0.6) is 0 Å². The fourth-order valence-corrected chi connectivity index (χ4v) is 3.73. The van der Waals surface area contributed by atoms with E-state index in [0.29, 0.717) is 6.04 Å². The molecule has 4 rings (SSSR count). The van der Waals surface area contributed by atoms with Gasteiger partial charge in [-0.3, -0.25) is 4.57 Å². The molecule has 2 aliphatic rings. The molecule has 1 amide bonds. The van der Waals surface area contributed by atoms with Gasteiger partial charge in [-0.25, -0.2) is 9.59 Å². The molecule has 2 saturated heterocycles. The number of fused-ring (bicyclic) bond motifs is 1. The summed E-state index contributed by atoms with van der Waals surface area (Å²) in [5.74, 6) is 0. The van der Waals surface area contributed by atoms with Crippen LogP contribution in [0.4, 0.5) is 4.79 Å². The molecule has 7 nitrogen and oxygen atoms in total. The van der Waals surface area contributed by atoms with Gasteiger partial charge in [-0.2, -0.15) is 0 Å². The number of nitrogens with one attached hydrogen (secondary N) is 2. The SMILES string of the molecule is CC(C)(C)OC(=O)N1CCCC1.O=c1[nH]c2ccccc2n1C1CCNCC1. The first-order valence-corrected chi connectivity index (χ1v) is 10.2. The van der Waals surface area contributed by atoms with Crippen molar-refractivity contribution in [1.82, 2.24) is 19.8 Å². The van der Waals surface area contributed by atoms with Crippen LogP contribution in [-0.4, -0.2) is 52.3 Å². The van der Waals surface area contributed by atoms with Crippen molar-refractivity contribution in [3.8, 4) is 0 Å². The van der Waals surface area contributed by atoms with Gasteiger partial charge in [0.15, 0.2) is 0 Å². The molecule has 154 valence electrons. The van der Waals surface area contributed by atoms with Gasteiger partial charge in [0, 0.05) is 19.1 Å². The van der Waals surface area contributed by atoms with Crippen molar-refractivity contribution >= 4 is 17.1 Å². The summed E-state index contributed by atoms with van der Waals surface area (Å²) in [5.41, 5.74) is 1.62. The number of rotatable bonds is 1. The number of benzene rings is 1. The first-order chi connectivity index (χ1) is 13.3. The summed E-state index contributed by atoms with van der Waals surface area (Å²) >= 11 is 0. The van der Waals surface area contributed by atoms with Crippen LogP contribution < -0.4 is 11.0 Å². The van der Waals surface area contributed by atoms with Crippen LogP contribution in [0.15, 0.2) is 29.1 Å². The number of ether oxygens (including phenoxy) is 1. The maximum atomic E-state index is 11.9. The number of amides is 1. The van der Waals surface area contributed by atoms with Gasteiger partial charge in [-0.05, 0) is 71.7 Å². The van der Waals surface area contributed by atoms with E-state index in [9.17, 15) is 9.59 Å². The minimum atomic E-state index is -0.361. The number of aromatic amines is 1. The van der Waals surface area contributed by atoms with Crippen molar-refractivity contribution in [2.24, 2.45) is 0 Å². The number of carbonyl (C=O) groups excluding carboxylic acids is 1. The number of piperidine rings is 1. The molecule has 0 saturated carbocycles. The van der Waals surface area contributed by atoms with Crippen LogP contribution in [0.3, 0.4) is 0 Å². The Balaban J connectivity index is 0.000000169. The van der Waals surface area contributed by atoms with Gasteiger partial charge in [0.25, 0.3) is 0 Å². The van der Waals surface area contributed by atoms with Crippen molar-refractivity contribution in [1.29, 1.82) is 0 Å². The summed E-state index contributed by atoms with van der Waals surface area (Å²) in [7, 11) is 0. The Labute approximate surface area is 166 Å². The minimum absolute atomic E-state index is 0.0214. The molecule has 2 fully saturated rings. The number of hydrogen-bond acceptors (Lipinski definition) is 4. The minimum Gasteiger partial charge on any atom is -0.444 e. The first kappa shape index (κ1) is 20.5. The Morgan fingerprint density at radius 1 is 1.11 bits per heavy atom. The summed E-state index contributed by atoms with van der Waals surface area (Å²) in [6.45, 7) is 9.37.